The summed E-state index contributed by atoms with van der Waals surface area (Å²) in [5, 5.41) is 0. The summed E-state index contributed by atoms with van der Waals surface area (Å²) in [6.07, 6.45) is 12.8. The Morgan fingerprint density at radius 2 is 1.80 bits per heavy atom. The zero-order valence-corrected chi connectivity index (χ0v) is 9.32. The van der Waals surface area contributed by atoms with Crippen molar-refractivity contribution in [2.75, 3.05) is 0 Å². The summed E-state index contributed by atoms with van der Waals surface area (Å²) in [6.45, 7) is 13.0. The van der Waals surface area contributed by atoms with Gasteiger partial charge < -0.3 is 5.73 Å². The minimum Gasteiger partial charge on any atom is -0.320 e. The van der Waals surface area contributed by atoms with Crippen LogP contribution >= 0.6 is 0 Å². The largest absolute Gasteiger partial charge is 0.320 e. The number of allylic oxidation sites excluding steroid dienone is 5. The smallest absolute Gasteiger partial charge is 0.0548 e. The highest BCUT2D eigenvalue weighted by Gasteiger charge is 2.07. The highest BCUT2D eigenvalue weighted by Crippen LogP contribution is 2.12. The average Bonchev–Trinajstić information content (AvgIpc) is 2.26. The van der Waals surface area contributed by atoms with Gasteiger partial charge in [-0.1, -0.05) is 62.3 Å². The van der Waals surface area contributed by atoms with Crippen molar-refractivity contribution in [3.8, 4) is 0 Å². The lowest BCUT2D eigenvalue weighted by molar-refractivity contribution is 0.934. The van der Waals surface area contributed by atoms with E-state index >= 15 is 0 Å². The van der Waals surface area contributed by atoms with Crippen molar-refractivity contribution in [2.24, 2.45) is 5.73 Å². The molecule has 0 aliphatic rings. The van der Waals surface area contributed by atoms with Gasteiger partial charge in [-0.05, 0) is 18.1 Å². The van der Waals surface area contributed by atoms with Gasteiger partial charge in [0.25, 0.3) is 0 Å². The van der Waals surface area contributed by atoms with Gasteiger partial charge in [0.1, 0.15) is 0 Å². The number of hydrogen-bond donors (Lipinski definition) is 1. The van der Waals surface area contributed by atoms with E-state index in [2.05, 4.69) is 19.7 Å². The molecule has 0 amide bonds. The molecule has 15 heavy (non-hydrogen) atoms. The van der Waals surface area contributed by atoms with Gasteiger partial charge in [0.05, 0.1) is 6.04 Å². The summed E-state index contributed by atoms with van der Waals surface area (Å²) < 4.78 is 0. The highest BCUT2D eigenvalue weighted by molar-refractivity contribution is 5.39. The fourth-order valence-corrected chi connectivity index (χ4v) is 1.19. The molecule has 0 aromatic carbocycles. The molecule has 1 heteroatoms. The molecule has 0 bridgehead atoms. The van der Waals surface area contributed by atoms with Gasteiger partial charge in [-0.3, -0.25) is 0 Å². The van der Waals surface area contributed by atoms with E-state index in [1.54, 1.807) is 18.2 Å². The first-order valence-electron chi connectivity index (χ1n) is 4.87. The fraction of sp³-hybridized carbons (Fsp3) is 0.143. The molecule has 0 radical (unpaired) electrons. The topological polar surface area (TPSA) is 26.0 Å². The summed E-state index contributed by atoms with van der Waals surface area (Å²) in [5.74, 6) is 0. The number of hydrogen-bond acceptors (Lipinski definition) is 1. The van der Waals surface area contributed by atoms with E-state index < -0.39 is 0 Å². The van der Waals surface area contributed by atoms with Crippen LogP contribution in [0, 0.1) is 0 Å². The van der Waals surface area contributed by atoms with Crippen LogP contribution in [-0.4, -0.2) is 6.04 Å². The third-order valence-electron chi connectivity index (χ3n) is 2.02. The second kappa shape index (κ2) is 7.77. The molecule has 0 saturated heterocycles. The Labute approximate surface area is 92.7 Å². The van der Waals surface area contributed by atoms with Crippen LogP contribution in [0.4, 0.5) is 0 Å². The van der Waals surface area contributed by atoms with Crippen molar-refractivity contribution in [2.45, 2.75) is 13.0 Å². The van der Waals surface area contributed by atoms with Crippen molar-refractivity contribution in [1.29, 1.82) is 0 Å². The minimum atomic E-state index is -0.165. The number of nitrogens with two attached hydrogens (primary N) is 1. The molecule has 0 rings (SSSR count). The first-order valence-corrected chi connectivity index (χ1v) is 4.87. The maximum absolute atomic E-state index is 6.07. The molecule has 2 N–H and O–H groups in total. The van der Waals surface area contributed by atoms with Gasteiger partial charge in [0, 0.05) is 0 Å². The van der Waals surface area contributed by atoms with Gasteiger partial charge in [-0.15, -0.1) is 0 Å². The molecule has 0 fully saturated rings. The van der Waals surface area contributed by atoms with E-state index in [1.807, 2.05) is 31.2 Å². The predicted molar refractivity (Wildman–Crippen MR) is 69.5 cm³/mol. The van der Waals surface area contributed by atoms with E-state index in [9.17, 15) is 0 Å². The van der Waals surface area contributed by atoms with Crippen LogP contribution < -0.4 is 5.73 Å². The van der Waals surface area contributed by atoms with Crippen molar-refractivity contribution >= 4 is 0 Å². The van der Waals surface area contributed by atoms with Crippen LogP contribution in [0.25, 0.3) is 0 Å². The summed E-state index contributed by atoms with van der Waals surface area (Å²) in [6, 6.07) is -0.165. The predicted octanol–water partition coefficient (Wildman–Crippen LogP) is 3.30. The summed E-state index contributed by atoms with van der Waals surface area (Å²) in [4.78, 5) is 0. The molecule has 0 heterocycles. The van der Waals surface area contributed by atoms with Gasteiger partial charge in [0.2, 0.25) is 0 Å². The molecule has 0 spiro atoms. The molecule has 0 saturated carbocycles. The van der Waals surface area contributed by atoms with Crippen LogP contribution in [0.2, 0.25) is 0 Å². The fourth-order valence-electron chi connectivity index (χ4n) is 1.19. The second-order valence-corrected chi connectivity index (χ2v) is 2.97. The molecule has 1 nitrogen and oxygen atoms in total. The Bertz CT molecular complexity index is 316. The van der Waals surface area contributed by atoms with E-state index in [1.165, 1.54) is 0 Å². The molecule has 1 atom stereocenters. The van der Waals surface area contributed by atoms with Crippen molar-refractivity contribution in [3.63, 3.8) is 0 Å². The first kappa shape index (κ1) is 13.4. The van der Waals surface area contributed by atoms with Crippen LogP contribution in [0.15, 0.2) is 73.4 Å². The Morgan fingerprint density at radius 1 is 1.13 bits per heavy atom. The van der Waals surface area contributed by atoms with Crippen molar-refractivity contribution in [3.05, 3.63) is 73.4 Å². The molecule has 0 aliphatic carbocycles. The zero-order chi connectivity index (χ0) is 11.7. The average molecular weight is 201 g/mol. The van der Waals surface area contributed by atoms with Crippen LogP contribution in [-0.2, 0) is 0 Å². The molecule has 0 aromatic rings. The molecular weight excluding hydrogens is 182 g/mol. The van der Waals surface area contributed by atoms with E-state index in [0.717, 1.165) is 11.1 Å². The first-order chi connectivity index (χ1) is 7.21. The molecule has 0 aromatic heterocycles. The second-order valence-electron chi connectivity index (χ2n) is 2.97. The SMILES string of the molecule is C=C/C=C\C(=C/C)C(N)/C(C=C)=C/C=C. The quantitative estimate of drug-likeness (QED) is 0.656. The van der Waals surface area contributed by atoms with Gasteiger partial charge in [-0.2, -0.15) is 0 Å². The maximum Gasteiger partial charge on any atom is 0.0548 e. The molecule has 0 aliphatic heterocycles. The standard InChI is InChI=1S/C14H19N/c1-5-9-11-13(8-4)14(15)12(7-3)10-6-2/h5-11,14H,1-3,15H2,4H3/b11-9-,12-10+,13-8+. The summed E-state index contributed by atoms with van der Waals surface area (Å²) in [7, 11) is 0. The lowest BCUT2D eigenvalue weighted by atomic mass is 9.98. The van der Waals surface area contributed by atoms with Crippen molar-refractivity contribution < 1.29 is 0 Å². The molecule has 1 unspecified atom stereocenters. The number of rotatable bonds is 6. The minimum absolute atomic E-state index is 0.165. The van der Waals surface area contributed by atoms with E-state index in [4.69, 9.17) is 5.73 Å². The van der Waals surface area contributed by atoms with Crippen LogP contribution in [0.5, 0.6) is 0 Å². The normalized spacial score (nSPS) is 15.1. The lowest BCUT2D eigenvalue weighted by Crippen LogP contribution is -2.23. The Kier molecular flexibility index (Phi) is 6.94. The van der Waals surface area contributed by atoms with Crippen molar-refractivity contribution in [1.82, 2.24) is 0 Å². The zero-order valence-electron chi connectivity index (χ0n) is 9.32. The van der Waals surface area contributed by atoms with E-state index in [0.29, 0.717) is 0 Å². The third kappa shape index (κ3) is 4.43. The monoisotopic (exact) mass is 201 g/mol. The Morgan fingerprint density at radius 3 is 2.20 bits per heavy atom. The summed E-state index contributed by atoms with van der Waals surface area (Å²) >= 11 is 0. The van der Waals surface area contributed by atoms with Gasteiger partial charge >= 0.3 is 0 Å². The van der Waals surface area contributed by atoms with Gasteiger partial charge in [0.15, 0.2) is 0 Å². The van der Waals surface area contributed by atoms with Crippen LogP contribution in [0.3, 0.4) is 0 Å². The highest BCUT2D eigenvalue weighted by atomic mass is 14.6. The lowest BCUT2D eigenvalue weighted by Gasteiger charge is -2.13. The Balaban J connectivity index is 4.93. The maximum atomic E-state index is 6.07. The van der Waals surface area contributed by atoms with Gasteiger partial charge in [-0.25, -0.2) is 0 Å². The molecular formula is C14H19N. The van der Waals surface area contributed by atoms with Crippen LogP contribution in [0.1, 0.15) is 6.92 Å². The van der Waals surface area contributed by atoms with E-state index in [-0.39, 0.29) is 6.04 Å². The third-order valence-corrected chi connectivity index (χ3v) is 2.02. The molecule has 80 valence electrons. The Hall–Kier alpha value is -1.60. The summed E-state index contributed by atoms with van der Waals surface area (Å²) in [5.41, 5.74) is 8.05.